The normalized spacial score (nSPS) is 19.0. The molecule has 3 N–H and O–H groups in total. The SMILES string of the molecule is O=S(=O)(NCC1(O)CNC1)c1cc(Cl)sc1Cl. The number of aliphatic hydroxyl groups is 1. The summed E-state index contributed by atoms with van der Waals surface area (Å²) >= 11 is 12.4. The first kappa shape index (κ1) is 13.5. The Kier molecular flexibility index (Phi) is 3.71. The molecule has 1 fully saturated rings. The van der Waals surface area contributed by atoms with Crippen LogP contribution < -0.4 is 10.0 Å². The quantitative estimate of drug-likeness (QED) is 0.763. The lowest BCUT2D eigenvalue weighted by Crippen LogP contribution is -2.64. The van der Waals surface area contributed by atoms with E-state index in [0.29, 0.717) is 17.4 Å². The van der Waals surface area contributed by atoms with Crippen molar-refractivity contribution in [2.24, 2.45) is 0 Å². The van der Waals surface area contributed by atoms with Crippen molar-refractivity contribution in [3.63, 3.8) is 0 Å². The lowest BCUT2D eigenvalue weighted by Gasteiger charge is -2.37. The summed E-state index contributed by atoms with van der Waals surface area (Å²) in [7, 11) is -3.72. The Balaban J connectivity index is 2.11. The molecule has 9 heteroatoms. The molecule has 1 aliphatic heterocycles. The zero-order chi connectivity index (χ0) is 12.7. The van der Waals surface area contributed by atoms with E-state index in [1.807, 2.05) is 0 Å². The molecule has 17 heavy (non-hydrogen) atoms. The summed E-state index contributed by atoms with van der Waals surface area (Å²) in [5, 5.41) is 12.6. The van der Waals surface area contributed by atoms with Gasteiger partial charge in [-0.25, -0.2) is 13.1 Å². The third kappa shape index (κ3) is 2.93. The maximum atomic E-state index is 11.9. The lowest BCUT2D eigenvalue weighted by atomic mass is 9.98. The van der Waals surface area contributed by atoms with Crippen LogP contribution in [0.15, 0.2) is 11.0 Å². The molecule has 0 radical (unpaired) electrons. The van der Waals surface area contributed by atoms with E-state index in [0.717, 1.165) is 11.3 Å². The minimum absolute atomic E-state index is 0.0495. The van der Waals surface area contributed by atoms with Crippen molar-refractivity contribution >= 4 is 44.6 Å². The van der Waals surface area contributed by atoms with E-state index in [-0.39, 0.29) is 15.8 Å². The molecule has 0 atom stereocenters. The van der Waals surface area contributed by atoms with Gasteiger partial charge in [0.2, 0.25) is 10.0 Å². The van der Waals surface area contributed by atoms with E-state index in [2.05, 4.69) is 10.0 Å². The third-order valence-electron chi connectivity index (χ3n) is 2.41. The zero-order valence-electron chi connectivity index (χ0n) is 8.53. The van der Waals surface area contributed by atoms with Gasteiger partial charge in [-0.2, -0.15) is 0 Å². The van der Waals surface area contributed by atoms with Gasteiger partial charge in [-0.1, -0.05) is 23.2 Å². The summed E-state index contributed by atoms with van der Waals surface area (Å²) in [6, 6.07) is 1.29. The van der Waals surface area contributed by atoms with Crippen LogP contribution in [0.5, 0.6) is 0 Å². The number of β-amino-alcohol motifs (C(OH)–C–C–N with tert-alkyl or cyclic N) is 1. The first-order chi connectivity index (χ1) is 7.82. The fourth-order valence-corrected chi connectivity index (χ4v) is 4.62. The molecule has 0 saturated carbocycles. The second kappa shape index (κ2) is 4.65. The van der Waals surface area contributed by atoms with Crippen molar-refractivity contribution in [2.75, 3.05) is 19.6 Å². The molecule has 0 aromatic carbocycles. The molecular weight excluding hydrogens is 307 g/mol. The second-order valence-corrected chi connectivity index (χ2v) is 7.86. The molecule has 0 aliphatic carbocycles. The van der Waals surface area contributed by atoms with Gasteiger partial charge in [-0.05, 0) is 6.07 Å². The van der Waals surface area contributed by atoms with Crippen LogP contribution in [-0.4, -0.2) is 38.8 Å². The molecule has 1 saturated heterocycles. The number of thiophene rings is 1. The maximum absolute atomic E-state index is 11.9. The molecule has 0 amide bonds. The van der Waals surface area contributed by atoms with Crippen LogP contribution in [0, 0.1) is 0 Å². The smallest absolute Gasteiger partial charge is 0.243 e. The van der Waals surface area contributed by atoms with Gasteiger partial charge in [0.25, 0.3) is 0 Å². The Labute approximate surface area is 113 Å². The summed E-state index contributed by atoms with van der Waals surface area (Å²) in [6.45, 7) is 0.688. The van der Waals surface area contributed by atoms with Gasteiger partial charge >= 0.3 is 0 Å². The highest BCUT2D eigenvalue weighted by atomic mass is 35.5. The largest absolute Gasteiger partial charge is 0.386 e. The fraction of sp³-hybridized carbons (Fsp3) is 0.500. The molecule has 1 aliphatic rings. The van der Waals surface area contributed by atoms with Crippen molar-refractivity contribution in [1.29, 1.82) is 0 Å². The molecule has 0 unspecified atom stereocenters. The molecule has 0 spiro atoms. The highest BCUT2D eigenvalue weighted by Crippen LogP contribution is 2.34. The Bertz CT molecular complexity index is 525. The monoisotopic (exact) mass is 316 g/mol. The van der Waals surface area contributed by atoms with Crippen molar-refractivity contribution in [1.82, 2.24) is 10.0 Å². The van der Waals surface area contributed by atoms with Gasteiger partial charge in [-0.3, -0.25) is 0 Å². The van der Waals surface area contributed by atoms with Crippen LogP contribution in [-0.2, 0) is 10.0 Å². The summed E-state index contributed by atoms with van der Waals surface area (Å²) < 4.78 is 26.5. The molecular formula is C8H10Cl2N2O3S2. The number of hydrogen-bond donors (Lipinski definition) is 3. The van der Waals surface area contributed by atoms with Gasteiger partial charge in [-0.15, -0.1) is 11.3 Å². The van der Waals surface area contributed by atoms with Crippen LogP contribution in [0.4, 0.5) is 0 Å². The number of rotatable bonds is 4. The predicted molar refractivity (Wildman–Crippen MR) is 67.3 cm³/mol. The number of nitrogens with one attached hydrogen (secondary N) is 2. The lowest BCUT2D eigenvalue weighted by molar-refractivity contribution is -0.00396. The Morgan fingerprint density at radius 2 is 2.18 bits per heavy atom. The Morgan fingerprint density at radius 3 is 2.59 bits per heavy atom. The number of hydrogen-bond acceptors (Lipinski definition) is 5. The number of halogens is 2. The van der Waals surface area contributed by atoms with Crippen LogP contribution in [0.25, 0.3) is 0 Å². The van der Waals surface area contributed by atoms with Crippen molar-refractivity contribution in [2.45, 2.75) is 10.5 Å². The van der Waals surface area contributed by atoms with E-state index in [1.165, 1.54) is 6.07 Å². The molecule has 5 nitrogen and oxygen atoms in total. The topological polar surface area (TPSA) is 78.4 Å². The van der Waals surface area contributed by atoms with Crippen molar-refractivity contribution in [3.05, 3.63) is 14.7 Å². The van der Waals surface area contributed by atoms with Gasteiger partial charge in [0, 0.05) is 19.6 Å². The van der Waals surface area contributed by atoms with Crippen molar-refractivity contribution in [3.8, 4) is 0 Å². The van der Waals surface area contributed by atoms with Crippen LogP contribution in [0.3, 0.4) is 0 Å². The average Bonchev–Trinajstić information content (AvgIpc) is 2.53. The summed E-state index contributed by atoms with van der Waals surface area (Å²) in [5.41, 5.74) is -1.01. The standard InChI is InChI=1S/C8H10Cl2N2O3S2/c9-6-1-5(7(10)16-6)17(14,15)12-4-8(13)2-11-3-8/h1,11-13H,2-4H2. The summed E-state index contributed by atoms with van der Waals surface area (Å²) in [5.74, 6) is 0. The molecule has 1 aromatic heterocycles. The minimum Gasteiger partial charge on any atom is -0.386 e. The maximum Gasteiger partial charge on any atom is 0.243 e. The summed E-state index contributed by atoms with van der Waals surface area (Å²) in [6.07, 6.45) is 0. The third-order valence-corrected chi connectivity index (χ3v) is 5.57. The highest BCUT2D eigenvalue weighted by Gasteiger charge is 2.35. The Hall–Kier alpha value is 0.110. The van der Waals surface area contributed by atoms with Gasteiger partial charge in [0.1, 0.15) is 14.8 Å². The minimum atomic E-state index is -3.72. The second-order valence-electron chi connectivity index (χ2n) is 3.84. The van der Waals surface area contributed by atoms with E-state index < -0.39 is 15.6 Å². The average molecular weight is 317 g/mol. The molecule has 0 bridgehead atoms. The molecule has 2 rings (SSSR count). The van der Waals surface area contributed by atoms with Crippen LogP contribution in [0.1, 0.15) is 0 Å². The van der Waals surface area contributed by atoms with Gasteiger partial charge in [0.05, 0.1) is 4.34 Å². The van der Waals surface area contributed by atoms with Crippen LogP contribution >= 0.6 is 34.5 Å². The zero-order valence-corrected chi connectivity index (χ0v) is 11.7. The van der Waals surface area contributed by atoms with Crippen LogP contribution in [0.2, 0.25) is 8.67 Å². The Morgan fingerprint density at radius 1 is 1.53 bits per heavy atom. The van der Waals surface area contributed by atoms with Gasteiger partial charge in [0.15, 0.2) is 0 Å². The predicted octanol–water partition coefficient (Wildman–Crippen LogP) is 0.668. The van der Waals surface area contributed by atoms with E-state index in [1.54, 1.807) is 0 Å². The first-order valence-corrected chi connectivity index (χ1v) is 7.76. The first-order valence-electron chi connectivity index (χ1n) is 4.70. The molecule has 1 aromatic rings. The van der Waals surface area contributed by atoms with E-state index >= 15 is 0 Å². The summed E-state index contributed by atoms with van der Waals surface area (Å²) in [4.78, 5) is -0.0509. The van der Waals surface area contributed by atoms with Crippen molar-refractivity contribution < 1.29 is 13.5 Å². The van der Waals surface area contributed by atoms with E-state index in [4.69, 9.17) is 23.2 Å². The highest BCUT2D eigenvalue weighted by molar-refractivity contribution is 7.89. The molecule has 2 heterocycles. The fourth-order valence-electron chi connectivity index (χ4n) is 1.35. The number of sulfonamides is 1. The van der Waals surface area contributed by atoms with E-state index in [9.17, 15) is 13.5 Å². The molecule has 96 valence electrons. The van der Waals surface area contributed by atoms with Gasteiger partial charge < -0.3 is 10.4 Å².